The van der Waals surface area contributed by atoms with Crippen LogP contribution in [0.2, 0.25) is 0 Å². The molecule has 5 nitrogen and oxygen atoms in total. The molecule has 28 heavy (non-hydrogen) atoms. The Bertz CT molecular complexity index is 814. The molecule has 4 rings (SSSR count). The van der Waals surface area contributed by atoms with Gasteiger partial charge in [-0.3, -0.25) is 9.59 Å². The molecule has 1 saturated carbocycles. The highest BCUT2D eigenvalue weighted by Crippen LogP contribution is 2.31. The molecular weight excluding hydrogens is 350 g/mol. The van der Waals surface area contributed by atoms with E-state index in [1.807, 2.05) is 18.3 Å². The average molecular weight is 382 g/mol. The number of carbonyl (C=O) groups excluding carboxylic acids is 2. The maximum absolute atomic E-state index is 12.7. The van der Waals surface area contributed by atoms with E-state index in [1.54, 1.807) is 0 Å². The van der Waals surface area contributed by atoms with Crippen molar-refractivity contribution < 1.29 is 9.59 Å². The SMILES string of the molecule is O=C(NCCc1c[nH]c2ccccc12)C1CCC(C(=O)N2CCCCC2)CC1. The highest BCUT2D eigenvalue weighted by Gasteiger charge is 2.32. The predicted octanol–water partition coefficient (Wildman–Crippen LogP) is 3.65. The summed E-state index contributed by atoms with van der Waals surface area (Å²) in [6.45, 7) is 2.51. The van der Waals surface area contributed by atoms with E-state index in [0.29, 0.717) is 12.5 Å². The van der Waals surface area contributed by atoms with Crippen molar-refractivity contribution in [1.29, 1.82) is 0 Å². The zero-order valence-corrected chi connectivity index (χ0v) is 16.6. The van der Waals surface area contributed by atoms with Gasteiger partial charge in [0.05, 0.1) is 0 Å². The Morgan fingerprint density at radius 2 is 1.71 bits per heavy atom. The number of amides is 2. The van der Waals surface area contributed by atoms with Gasteiger partial charge in [-0.05, 0) is 63.0 Å². The molecule has 2 amide bonds. The zero-order valence-electron chi connectivity index (χ0n) is 16.6. The first-order chi connectivity index (χ1) is 13.7. The number of nitrogens with one attached hydrogen (secondary N) is 2. The Labute approximate surface area is 166 Å². The third-order valence-electron chi connectivity index (χ3n) is 6.48. The minimum atomic E-state index is 0.0633. The number of rotatable bonds is 5. The van der Waals surface area contributed by atoms with Gasteiger partial charge in [-0.25, -0.2) is 0 Å². The van der Waals surface area contributed by atoms with E-state index in [2.05, 4.69) is 27.3 Å². The Balaban J connectivity index is 1.21. The van der Waals surface area contributed by atoms with Crippen LogP contribution in [0.4, 0.5) is 0 Å². The molecule has 0 bridgehead atoms. The van der Waals surface area contributed by atoms with E-state index < -0.39 is 0 Å². The number of aromatic amines is 1. The van der Waals surface area contributed by atoms with Gasteiger partial charge >= 0.3 is 0 Å². The highest BCUT2D eigenvalue weighted by molar-refractivity contribution is 5.83. The standard InChI is InChI=1S/C23H31N3O2/c27-22(24-13-12-19-16-25-21-7-3-2-6-20(19)21)17-8-10-18(11-9-17)23(28)26-14-4-1-5-15-26/h2-3,6-7,16-18,25H,1,4-5,8-15H2,(H,24,27). The minimum Gasteiger partial charge on any atom is -0.361 e. The summed E-state index contributed by atoms with van der Waals surface area (Å²) in [5, 5.41) is 4.34. The summed E-state index contributed by atoms with van der Waals surface area (Å²) in [5.41, 5.74) is 2.38. The van der Waals surface area contributed by atoms with Gasteiger partial charge in [0.15, 0.2) is 0 Å². The number of hydrogen-bond acceptors (Lipinski definition) is 2. The number of hydrogen-bond donors (Lipinski definition) is 2. The summed E-state index contributed by atoms with van der Waals surface area (Å²) in [5.74, 6) is 0.684. The van der Waals surface area contributed by atoms with Crippen molar-refractivity contribution in [3.8, 4) is 0 Å². The molecule has 150 valence electrons. The zero-order chi connectivity index (χ0) is 19.3. The van der Waals surface area contributed by atoms with E-state index in [0.717, 1.165) is 63.6 Å². The summed E-state index contributed by atoms with van der Waals surface area (Å²) in [4.78, 5) is 30.6. The van der Waals surface area contributed by atoms with E-state index in [9.17, 15) is 9.59 Å². The van der Waals surface area contributed by atoms with Crippen LogP contribution < -0.4 is 5.32 Å². The van der Waals surface area contributed by atoms with Crippen LogP contribution in [-0.2, 0) is 16.0 Å². The molecule has 1 aromatic heterocycles. The Morgan fingerprint density at radius 3 is 2.50 bits per heavy atom. The molecule has 0 radical (unpaired) electrons. The smallest absolute Gasteiger partial charge is 0.225 e. The molecule has 2 N–H and O–H groups in total. The molecule has 1 saturated heterocycles. The van der Waals surface area contributed by atoms with Gasteiger partial charge in [-0.2, -0.15) is 0 Å². The first-order valence-electron chi connectivity index (χ1n) is 10.8. The molecular formula is C23H31N3O2. The Kier molecular flexibility index (Phi) is 5.98. The van der Waals surface area contributed by atoms with Crippen molar-refractivity contribution in [3.05, 3.63) is 36.0 Å². The quantitative estimate of drug-likeness (QED) is 0.830. The molecule has 1 aliphatic heterocycles. The maximum atomic E-state index is 12.7. The largest absolute Gasteiger partial charge is 0.361 e. The number of piperidine rings is 1. The highest BCUT2D eigenvalue weighted by atomic mass is 16.2. The van der Waals surface area contributed by atoms with Gasteiger partial charge in [0.1, 0.15) is 0 Å². The normalized spacial score (nSPS) is 22.9. The molecule has 0 atom stereocenters. The fourth-order valence-corrected chi connectivity index (χ4v) is 4.78. The molecule has 1 aliphatic carbocycles. The number of likely N-dealkylation sites (tertiary alicyclic amines) is 1. The summed E-state index contributed by atoms with van der Waals surface area (Å²) in [6.07, 6.45) is 9.78. The minimum absolute atomic E-state index is 0.0633. The van der Waals surface area contributed by atoms with Gasteiger partial charge < -0.3 is 15.2 Å². The summed E-state index contributed by atoms with van der Waals surface area (Å²) < 4.78 is 0. The number of para-hydroxylation sites is 1. The third-order valence-corrected chi connectivity index (χ3v) is 6.48. The van der Waals surface area contributed by atoms with Crippen molar-refractivity contribution in [2.45, 2.75) is 51.4 Å². The molecule has 1 aromatic carbocycles. The second-order valence-corrected chi connectivity index (χ2v) is 8.34. The monoisotopic (exact) mass is 381 g/mol. The Morgan fingerprint density at radius 1 is 1.00 bits per heavy atom. The van der Waals surface area contributed by atoms with Crippen molar-refractivity contribution in [1.82, 2.24) is 15.2 Å². The van der Waals surface area contributed by atoms with Crippen molar-refractivity contribution in [3.63, 3.8) is 0 Å². The van der Waals surface area contributed by atoms with Crippen molar-refractivity contribution >= 4 is 22.7 Å². The van der Waals surface area contributed by atoms with E-state index in [4.69, 9.17) is 0 Å². The van der Waals surface area contributed by atoms with Crippen LogP contribution in [0.1, 0.15) is 50.5 Å². The van der Waals surface area contributed by atoms with Crippen molar-refractivity contribution in [2.24, 2.45) is 11.8 Å². The first kappa shape index (κ1) is 19.0. The van der Waals surface area contributed by atoms with Crippen LogP contribution in [0.5, 0.6) is 0 Å². The predicted molar refractivity (Wildman–Crippen MR) is 111 cm³/mol. The molecule has 2 aliphatic rings. The number of H-pyrrole nitrogens is 1. The lowest BCUT2D eigenvalue weighted by molar-refractivity contribution is -0.139. The first-order valence-corrected chi connectivity index (χ1v) is 10.8. The lowest BCUT2D eigenvalue weighted by Crippen LogP contribution is -2.42. The molecule has 2 aromatic rings. The molecule has 2 heterocycles. The van der Waals surface area contributed by atoms with Crippen molar-refractivity contribution in [2.75, 3.05) is 19.6 Å². The lowest BCUT2D eigenvalue weighted by Gasteiger charge is -2.33. The van der Waals surface area contributed by atoms with Gasteiger partial charge in [-0.1, -0.05) is 18.2 Å². The number of nitrogens with zero attached hydrogens (tertiary/aromatic N) is 1. The molecule has 0 spiro atoms. The third kappa shape index (κ3) is 4.23. The molecule has 5 heteroatoms. The summed E-state index contributed by atoms with van der Waals surface area (Å²) in [6, 6.07) is 8.25. The van der Waals surface area contributed by atoms with Crippen LogP contribution in [0.15, 0.2) is 30.5 Å². The summed E-state index contributed by atoms with van der Waals surface area (Å²) >= 11 is 0. The number of carbonyl (C=O) groups is 2. The van der Waals surface area contributed by atoms with Gasteiger partial charge in [0.2, 0.25) is 11.8 Å². The average Bonchev–Trinajstić information content (AvgIpc) is 3.17. The molecule has 0 unspecified atom stereocenters. The second-order valence-electron chi connectivity index (χ2n) is 8.34. The van der Waals surface area contributed by atoms with Gasteiger partial charge in [-0.15, -0.1) is 0 Å². The van der Waals surface area contributed by atoms with Crippen LogP contribution in [0, 0.1) is 11.8 Å². The lowest BCUT2D eigenvalue weighted by atomic mass is 9.80. The van der Waals surface area contributed by atoms with E-state index in [1.165, 1.54) is 17.4 Å². The fourth-order valence-electron chi connectivity index (χ4n) is 4.78. The van der Waals surface area contributed by atoms with Crippen LogP contribution >= 0.6 is 0 Å². The maximum Gasteiger partial charge on any atom is 0.225 e. The topological polar surface area (TPSA) is 65.2 Å². The van der Waals surface area contributed by atoms with Crippen LogP contribution in [-0.4, -0.2) is 41.3 Å². The number of benzene rings is 1. The van der Waals surface area contributed by atoms with Gasteiger partial charge in [0, 0.05) is 48.6 Å². The number of aromatic nitrogens is 1. The molecule has 2 fully saturated rings. The number of fused-ring (bicyclic) bond motifs is 1. The summed E-state index contributed by atoms with van der Waals surface area (Å²) in [7, 11) is 0. The van der Waals surface area contributed by atoms with Crippen LogP contribution in [0.25, 0.3) is 10.9 Å². The second kappa shape index (κ2) is 8.80. The fraction of sp³-hybridized carbons (Fsp3) is 0.565. The Hall–Kier alpha value is -2.30. The van der Waals surface area contributed by atoms with Gasteiger partial charge in [0.25, 0.3) is 0 Å². The van der Waals surface area contributed by atoms with Crippen LogP contribution in [0.3, 0.4) is 0 Å². The van der Waals surface area contributed by atoms with E-state index in [-0.39, 0.29) is 17.7 Å². The van der Waals surface area contributed by atoms with E-state index >= 15 is 0 Å².